The first-order valence-electron chi connectivity index (χ1n) is 10.9. The third-order valence-corrected chi connectivity index (χ3v) is 7.68. The van der Waals surface area contributed by atoms with Crippen molar-refractivity contribution in [2.24, 2.45) is 0 Å². The zero-order valence-electron chi connectivity index (χ0n) is 18.9. The molecule has 34 heavy (non-hydrogen) atoms. The van der Waals surface area contributed by atoms with Crippen molar-refractivity contribution in [2.75, 3.05) is 7.11 Å². The molecule has 0 amide bonds. The zero-order valence-corrected chi connectivity index (χ0v) is 21.3. The quantitative estimate of drug-likeness (QED) is 0.238. The van der Waals surface area contributed by atoms with Crippen molar-refractivity contribution in [1.29, 1.82) is 0 Å². The number of nitrogens with zero attached hydrogens (tertiary/aromatic N) is 4. The smallest absolute Gasteiger partial charge is 0.213 e. The maximum absolute atomic E-state index is 5.63. The number of hydrogen-bond donors (Lipinski definition) is 0. The zero-order chi connectivity index (χ0) is 23.4. The number of ether oxygens (including phenoxy) is 1. The number of rotatable bonds is 4. The van der Waals surface area contributed by atoms with Crippen molar-refractivity contribution in [2.45, 2.75) is 13.8 Å². The average Bonchev–Trinajstić information content (AvgIpc) is 3.49. The third kappa shape index (κ3) is 3.35. The SMILES string of the molecule is COc1cc2c(-c3cn4nc(-c5ccccc5)sc4n3)c(C)n(-c3ccc(C)cc3)c2cc1Br. The first-order valence-corrected chi connectivity index (χ1v) is 12.5. The van der Waals surface area contributed by atoms with E-state index < -0.39 is 0 Å². The van der Waals surface area contributed by atoms with E-state index in [1.165, 1.54) is 5.56 Å². The van der Waals surface area contributed by atoms with E-state index in [4.69, 9.17) is 14.8 Å². The molecule has 0 saturated heterocycles. The lowest BCUT2D eigenvalue weighted by Gasteiger charge is -2.10. The van der Waals surface area contributed by atoms with Crippen LogP contribution in [0.4, 0.5) is 0 Å². The summed E-state index contributed by atoms with van der Waals surface area (Å²) >= 11 is 5.27. The molecule has 0 aliphatic heterocycles. The molecule has 7 heteroatoms. The van der Waals surface area contributed by atoms with E-state index in [2.05, 4.69) is 82.9 Å². The van der Waals surface area contributed by atoms with E-state index in [0.29, 0.717) is 0 Å². The van der Waals surface area contributed by atoms with Gasteiger partial charge in [0.05, 0.1) is 29.0 Å². The predicted octanol–water partition coefficient (Wildman–Crippen LogP) is 7.46. The molecule has 0 bridgehead atoms. The summed E-state index contributed by atoms with van der Waals surface area (Å²) < 4.78 is 10.7. The molecule has 0 N–H and O–H groups in total. The Morgan fingerprint density at radius 1 is 0.971 bits per heavy atom. The summed E-state index contributed by atoms with van der Waals surface area (Å²) in [5, 5.41) is 6.84. The van der Waals surface area contributed by atoms with Crippen LogP contribution in [-0.2, 0) is 0 Å². The van der Waals surface area contributed by atoms with Crippen LogP contribution in [0.1, 0.15) is 11.3 Å². The Morgan fingerprint density at radius 3 is 2.44 bits per heavy atom. The van der Waals surface area contributed by atoms with Gasteiger partial charge in [0.25, 0.3) is 0 Å². The summed E-state index contributed by atoms with van der Waals surface area (Å²) in [6.45, 7) is 4.25. The average molecular weight is 529 g/mol. The van der Waals surface area contributed by atoms with Crippen molar-refractivity contribution >= 4 is 43.1 Å². The van der Waals surface area contributed by atoms with Crippen LogP contribution in [0.2, 0.25) is 0 Å². The summed E-state index contributed by atoms with van der Waals surface area (Å²) in [6.07, 6.45) is 2.02. The van der Waals surface area contributed by atoms with Gasteiger partial charge in [0.15, 0.2) is 0 Å². The number of aromatic nitrogens is 4. The van der Waals surface area contributed by atoms with Gasteiger partial charge in [0, 0.05) is 27.9 Å². The Labute approximate surface area is 209 Å². The van der Waals surface area contributed by atoms with Gasteiger partial charge >= 0.3 is 0 Å². The highest BCUT2D eigenvalue weighted by molar-refractivity contribution is 9.10. The molecule has 0 radical (unpaired) electrons. The molecular weight excluding hydrogens is 508 g/mol. The first kappa shape index (κ1) is 21.1. The summed E-state index contributed by atoms with van der Waals surface area (Å²) in [4.78, 5) is 5.86. The second-order valence-electron chi connectivity index (χ2n) is 8.26. The molecular formula is C27H21BrN4OS. The van der Waals surface area contributed by atoms with E-state index in [-0.39, 0.29) is 0 Å². The van der Waals surface area contributed by atoms with Gasteiger partial charge in [-0.15, -0.1) is 0 Å². The maximum Gasteiger partial charge on any atom is 0.213 e. The molecule has 0 fully saturated rings. The van der Waals surface area contributed by atoms with Gasteiger partial charge in [-0.3, -0.25) is 0 Å². The van der Waals surface area contributed by atoms with Crippen molar-refractivity contribution in [3.8, 4) is 33.3 Å². The van der Waals surface area contributed by atoms with Crippen LogP contribution in [-0.4, -0.2) is 26.3 Å². The topological polar surface area (TPSA) is 44.4 Å². The summed E-state index contributed by atoms with van der Waals surface area (Å²) in [5.74, 6) is 0.792. The molecule has 0 saturated carbocycles. The molecule has 0 spiro atoms. The molecule has 0 aliphatic carbocycles. The van der Waals surface area contributed by atoms with Gasteiger partial charge in [-0.1, -0.05) is 59.4 Å². The van der Waals surface area contributed by atoms with Crippen molar-refractivity contribution in [3.63, 3.8) is 0 Å². The number of imidazole rings is 1. The largest absolute Gasteiger partial charge is 0.496 e. The Hall–Kier alpha value is -3.42. The van der Waals surface area contributed by atoms with Crippen LogP contribution in [0.15, 0.2) is 77.4 Å². The minimum atomic E-state index is 0.792. The predicted molar refractivity (Wildman–Crippen MR) is 142 cm³/mol. The van der Waals surface area contributed by atoms with Crippen molar-refractivity contribution in [3.05, 3.63) is 88.7 Å². The molecule has 3 aromatic heterocycles. The minimum absolute atomic E-state index is 0.792. The lowest BCUT2D eigenvalue weighted by Crippen LogP contribution is -1.97. The van der Waals surface area contributed by atoms with E-state index in [1.54, 1.807) is 18.4 Å². The lowest BCUT2D eigenvalue weighted by atomic mass is 10.1. The van der Waals surface area contributed by atoms with Crippen LogP contribution in [0, 0.1) is 13.8 Å². The fraction of sp³-hybridized carbons (Fsp3) is 0.111. The summed E-state index contributed by atoms with van der Waals surface area (Å²) in [6, 6.07) is 23.0. The number of halogens is 1. The van der Waals surface area contributed by atoms with Crippen molar-refractivity contribution < 1.29 is 4.74 Å². The standard InChI is InChI=1S/C27H21BrN4OS/c1-16-9-11-19(12-10-16)32-17(2)25(20-13-24(33-3)21(28)14-23(20)32)22-15-31-27(29-22)34-26(30-31)18-7-5-4-6-8-18/h4-15H,1-3H3. The van der Waals surface area contributed by atoms with Crippen LogP contribution in [0.25, 0.3) is 43.4 Å². The molecule has 0 atom stereocenters. The minimum Gasteiger partial charge on any atom is -0.496 e. The first-order chi connectivity index (χ1) is 16.5. The summed E-state index contributed by atoms with van der Waals surface area (Å²) in [5.41, 5.74) is 7.64. The number of fused-ring (bicyclic) bond motifs is 2. The normalized spacial score (nSPS) is 11.5. The monoisotopic (exact) mass is 528 g/mol. The Bertz CT molecular complexity index is 1630. The Balaban J connectivity index is 1.57. The van der Waals surface area contributed by atoms with E-state index in [1.807, 2.05) is 28.9 Å². The van der Waals surface area contributed by atoms with Gasteiger partial charge < -0.3 is 9.30 Å². The number of benzene rings is 3. The number of aryl methyl sites for hydroxylation is 1. The molecule has 5 nitrogen and oxygen atoms in total. The summed E-state index contributed by atoms with van der Waals surface area (Å²) in [7, 11) is 1.69. The maximum atomic E-state index is 5.63. The van der Waals surface area contributed by atoms with Crippen LogP contribution >= 0.6 is 27.3 Å². The fourth-order valence-corrected chi connectivity index (χ4v) is 5.82. The highest BCUT2D eigenvalue weighted by Crippen LogP contribution is 2.41. The second kappa shape index (κ2) is 8.11. The molecule has 6 rings (SSSR count). The molecule has 0 aliphatic rings. The Morgan fingerprint density at radius 2 is 1.74 bits per heavy atom. The second-order valence-corrected chi connectivity index (χ2v) is 10.1. The third-order valence-electron chi connectivity index (χ3n) is 6.09. The molecule has 0 unspecified atom stereocenters. The van der Waals surface area contributed by atoms with Crippen LogP contribution in [0.5, 0.6) is 5.75 Å². The highest BCUT2D eigenvalue weighted by atomic mass is 79.9. The fourth-order valence-electron chi connectivity index (χ4n) is 4.44. The lowest BCUT2D eigenvalue weighted by molar-refractivity contribution is 0.413. The number of hydrogen-bond acceptors (Lipinski definition) is 4. The van der Waals surface area contributed by atoms with Gasteiger partial charge in [-0.05, 0) is 54.0 Å². The van der Waals surface area contributed by atoms with Gasteiger partial charge in [0.2, 0.25) is 4.96 Å². The van der Waals surface area contributed by atoms with Crippen LogP contribution in [0.3, 0.4) is 0 Å². The molecule has 3 aromatic carbocycles. The van der Waals surface area contributed by atoms with Crippen LogP contribution < -0.4 is 4.74 Å². The van der Waals surface area contributed by atoms with Gasteiger partial charge in [-0.2, -0.15) is 5.10 Å². The Kier molecular flexibility index (Phi) is 5.04. The molecule has 168 valence electrons. The van der Waals surface area contributed by atoms with E-state index in [0.717, 1.165) is 59.3 Å². The number of methoxy groups -OCH3 is 1. The van der Waals surface area contributed by atoms with Gasteiger partial charge in [0.1, 0.15) is 10.8 Å². The van der Waals surface area contributed by atoms with Crippen molar-refractivity contribution in [1.82, 2.24) is 19.2 Å². The molecule has 6 aromatic rings. The molecule has 3 heterocycles. The van der Waals surface area contributed by atoms with E-state index >= 15 is 0 Å². The van der Waals surface area contributed by atoms with E-state index in [9.17, 15) is 0 Å². The van der Waals surface area contributed by atoms with Gasteiger partial charge in [-0.25, -0.2) is 9.50 Å². The highest BCUT2D eigenvalue weighted by Gasteiger charge is 2.22.